The molecule has 1 heteroatoms. The van der Waals surface area contributed by atoms with Gasteiger partial charge < -0.3 is 5.32 Å². The summed E-state index contributed by atoms with van der Waals surface area (Å²) in [6.07, 6.45) is 2.34. The third kappa shape index (κ3) is 4.53. The Bertz CT molecular complexity index is 502. The fourth-order valence-electron chi connectivity index (χ4n) is 2.28. The standard InChI is InChI=1S/C18H23N/c1-15-10-11-16(2)18(13-15)14-19-12-6-9-17-7-4-3-5-8-17/h3-5,7-8,10-11,13,19H,6,9,12,14H2,1-2H3. The van der Waals surface area contributed by atoms with Crippen LogP contribution in [0.3, 0.4) is 0 Å². The molecule has 0 aromatic heterocycles. The van der Waals surface area contributed by atoms with Crippen molar-refractivity contribution in [3.63, 3.8) is 0 Å². The molecule has 0 aliphatic heterocycles. The molecule has 0 unspecified atom stereocenters. The zero-order valence-corrected chi connectivity index (χ0v) is 11.9. The normalized spacial score (nSPS) is 10.6. The molecule has 0 fully saturated rings. The van der Waals surface area contributed by atoms with Crippen LogP contribution in [0.4, 0.5) is 0 Å². The minimum atomic E-state index is 0.975. The summed E-state index contributed by atoms with van der Waals surface area (Å²) < 4.78 is 0. The zero-order chi connectivity index (χ0) is 13.5. The zero-order valence-electron chi connectivity index (χ0n) is 11.9. The van der Waals surface area contributed by atoms with Gasteiger partial charge in [-0.15, -0.1) is 0 Å². The highest BCUT2D eigenvalue weighted by Gasteiger charge is 1.98. The Labute approximate surface area is 116 Å². The third-order valence-electron chi connectivity index (χ3n) is 3.48. The van der Waals surface area contributed by atoms with Crippen molar-refractivity contribution in [2.45, 2.75) is 33.2 Å². The minimum Gasteiger partial charge on any atom is -0.313 e. The molecule has 0 bridgehead atoms. The van der Waals surface area contributed by atoms with Gasteiger partial charge in [-0.25, -0.2) is 0 Å². The lowest BCUT2D eigenvalue weighted by Gasteiger charge is -2.09. The number of rotatable bonds is 6. The van der Waals surface area contributed by atoms with Crippen molar-refractivity contribution in [2.24, 2.45) is 0 Å². The lowest BCUT2D eigenvalue weighted by molar-refractivity contribution is 0.647. The second kappa shape index (κ2) is 7.10. The topological polar surface area (TPSA) is 12.0 Å². The van der Waals surface area contributed by atoms with E-state index in [0.717, 1.165) is 19.5 Å². The predicted octanol–water partition coefficient (Wildman–Crippen LogP) is 4.03. The molecule has 2 aromatic rings. The van der Waals surface area contributed by atoms with Crippen LogP contribution in [0.5, 0.6) is 0 Å². The summed E-state index contributed by atoms with van der Waals surface area (Å²) in [5, 5.41) is 3.54. The summed E-state index contributed by atoms with van der Waals surface area (Å²) in [4.78, 5) is 0. The van der Waals surface area contributed by atoms with Gasteiger partial charge in [0.1, 0.15) is 0 Å². The Morgan fingerprint density at radius 1 is 0.947 bits per heavy atom. The van der Waals surface area contributed by atoms with Gasteiger partial charge in [0.2, 0.25) is 0 Å². The van der Waals surface area contributed by atoms with E-state index in [4.69, 9.17) is 0 Å². The number of hydrogen-bond donors (Lipinski definition) is 1. The molecule has 0 atom stereocenters. The molecule has 1 nitrogen and oxygen atoms in total. The summed E-state index contributed by atoms with van der Waals surface area (Å²) in [5.74, 6) is 0. The van der Waals surface area contributed by atoms with Gasteiger partial charge in [0.15, 0.2) is 0 Å². The van der Waals surface area contributed by atoms with E-state index in [0.29, 0.717) is 0 Å². The second-order valence-corrected chi connectivity index (χ2v) is 5.20. The van der Waals surface area contributed by atoms with Crippen molar-refractivity contribution in [2.75, 3.05) is 6.54 Å². The van der Waals surface area contributed by atoms with Gasteiger partial charge in [0, 0.05) is 6.54 Å². The molecule has 0 radical (unpaired) electrons. The van der Waals surface area contributed by atoms with Crippen LogP contribution in [-0.4, -0.2) is 6.54 Å². The lowest BCUT2D eigenvalue weighted by atomic mass is 10.1. The summed E-state index contributed by atoms with van der Waals surface area (Å²) in [7, 11) is 0. The van der Waals surface area contributed by atoms with E-state index >= 15 is 0 Å². The molecule has 0 heterocycles. The Kier molecular flexibility index (Phi) is 5.17. The van der Waals surface area contributed by atoms with Crippen LogP contribution in [0.2, 0.25) is 0 Å². The highest BCUT2D eigenvalue weighted by atomic mass is 14.8. The van der Waals surface area contributed by atoms with E-state index < -0.39 is 0 Å². The summed E-state index contributed by atoms with van der Waals surface area (Å²) in [6.45, 7) is 6.38. The SMILES string of the molecule is Cc1ccc(C)c(CNCCCc2ccccc2)c1. The Morgan fingerprint density at radius 2 is 1.74 bits per heavy atom. The second-order valence-electron chi connectivity index (χ2n) is 5.20. The van der Waals surface area contributed by atoms with Crippen LogP contribution < -0.4 is 5.32 Å². The summed E-state index contributed by atoms with van der Waals surface area (Å²) in [6, 6.07) is 17.3. The van der Waals surface area contributed by atoms with Gasteiger partial charge in [-0.05, 0) is 49.9 Å². The maximum atomic E-state index is 3.54. The largest absolute Gasteiger partial charge is 0.313 e. The van der Waals surface area contributed by atoms with E-state index in [-0.39, 0.29) is 0 Å². The Morgan fingerprint density at radius 3 is 2.53 bits per heavy atom. The number of nitrogens with one attached hydrogen (secondary N) is 1. The van der Waals surface area contributed by atoms with Gasteiger partial charge in [-0.1, -0.05) is 54.1 Å². The maximum absolute atomic E-state index is 3.54. The molecule has 100 valence electrons. The molecule has 2 rings (SSSR count). The molecule has 0 saturated carbocycles. The molecule has 0 aliphatic carbocycles. The van der Waals surface area contributed by atoms with Crippen LogP contribution in [-0.2, 0) is 13.0 Å². The molecule has 0 saturated heterocycles. The predicted molar refractivity (Wildman–Crippen MR) is 82.4 cm³/mol. The third-order valence-corrected chi connectivity index (χ3v) is 3.48. The molecule has 0 amide bonds. The van der Waals surface area contributed by atoms with Crippen molar-refractivity contribution < 1.29 is 0 Å². The van der Waals surface area contributed by atoms with Gasteiger partial charge in [0.05, 0.1) is 0 Å². The summed E-state index contributed by atoms with van der Waals surface area (Å²) >= 11 is 0. The van der Waals surface area contributed by atoms with E-state index in [1.54, 1.807) is 0 Å². The fraction of sp³-hybridized carbons (Fsp3) is 0.333. The van der Waals surface area contributed by atoms with Crippen LogP contribution in [0, 0.1) is 13.8 Å². The average molecular weight is 253 g/mol. The fourth-order valence-corrected chi connectivity index (χ4v) is 2.28. The molecular weight excluding hydrogens is 230 g/mol. The smallest absolute Gasteiger partial charge is 0.0208 e. The van der Waals surface area contributed by atoms with Crippen molar-refractivity contribution in [1.29, 1.82) is 0 Å². The molecule has 19 heavy (non-hydrogen) atoms. The molecular formula is C18H23N. The number of aryl methyl sites for hydroxylation is 3. The van der Waals surface area contributed by atoms with E-state index in [9.17, 15) is 0 Å². The van der Waals surface area contributed by atoms with Crippen LogP contribution in [0.15, 0.2) is 48.5 Å². The van der Waals surface area contributed by atoms with E-state index in [1.165, 1.54) is 28.7 Å². The lowest BCUT2D eigenvalue weighted by Crippen LogP contribution is -2.16. The van der Waals surface area contributed by atoms with Crippen LogP contribution in [0.1, 0.15) is 28.7 Å². The summed E-state index contributed by atoms with van der Waals surface area (Å²) in [5.41, 5.74) is 5.56. The van der Waals surface area contributed by atoms with Gasteiger partial charge in [0.25, 0.3) is 0 Å². The quantitative estimate of drug-likeness (QED) is 0.767. The van der Waals surface area contributed by atoms with Gasteiger partial charge in [-0.2, -0.15) is 0 Å². The molecule has 2 aromatic carbocycles. The minimum absolute atomic E-state index is 0.975. The highest BCUT2D eigenvalue weighted by molar-refractivity contribution is 5.30. The highest BCUT2D eigenvalue weighted by Crippen LogP contribution is 2.10. The first kappa shape index (κ1) is 13.8. The van der Waals surface area contributed by atoms with Crippen LogP contribution >= 0.6 is 0 Å². The van der Waals surface area contributed by atoms with Crippen molar-refractivity contribution in [1.82, 2.24) is 5.32 Å². The van der Waals surface area contributed by atoms with E-state index in [2.05, 4.69) is 67.7 Å². The molecule has 0 spiro atoms. The Hall–Kier alpha value is -1.60. The number of hydrogen-bond acceptors (Lipinski definition) is 1. The van der Waals surface area contributed by atoms with Crippen molar-refractivity contribution >= 4 is 0 Å². The van der Waals surface area contributed by atoms with Gasteiger partial charge >= 0.3 is 0 Å². The first-order chi connectivity index (χ1) is 9.25. The van der Waals surface area contributed by atoms with Crippen molar-refractivity contribution in [3.8, 4) is 0 Å². The monoisotopic (exact) mass is 253 g/mol. The average Bonchev–Trinajstić information content (AvgIpc) is 2.43. The van der Waals surface area contributed by atoms with Crippen LogP contribution in [0.25, 0.3) is 0 Å². The maximum Gasteiger partial charge on any atom is 0.0208 e. The van der Waals surface area contributed by atoms with Crippen molar-refractivity contribution in [3.05, 3.63) is 70.8 Å². The first-order valence-corrected chi connectivity index (χ1v) is 7.06. The first-order valence-electron chi connectivity index (χ1n) is 7.06. The molecule has 0 aliphatic rings. The number of benzene rings is 2. The van der Waals surface area contributed by atoms with E-state index in [1.807, 2.05) is 0 Å². The molecule has 1 N–H and O–H groups in total. The Balaban J connectivity index is 1.71. The van der Waals surface area contributed by atoms with Gasteiger partial charge in [-0.3, -0.25) is 0 Å².